The maximum Gasteiger partial charge on any atom is 0.144 e. The Morgan fingerprint density at radius 3 is 2.83 bits per heavy atom. The standard InChI is InChI=1S/C15H26O3/c1-12-4-3-7-14(2)8-5-13(6-9-16)10-15(12,14)18-11-17/h4,13,16-17H,3,5-11H2,1-2H3/t13-,14+,15-/m1/s1. The van der Waals surface area contributed by atoms with Crippen LogP contribution in [0.1, 0.15) is 52.4 Å². The van der Waals surface area contributed by atoms with Crippen LogP contribution >= 0.6 is 0 Å². The van der Waals surface area contributed by atoms with Gasteiger partial charge in [0.15, 0.2) is 0 Å². The summed E-state index contributed by atoms with van der Waals surface area (Å²) in [5.41, 5.74) is 1.10. The van der Waals surface area contributed by atoms with Gasteiger partial charge in [0.05, 0.1) is 5.60 Å². The monoisotopic (exact) mass is 254 g/mol. The normalized spacial score (nSPS) is 40.2. The summed E-state index contributed by atoms with van der Waals surface area (Å²) < 4.78 is 5.87. The van der Waals surface area contributed by atoms with E-state index in [1.807, 2.05) is 0 Å². The van der Waals surface area contributed by atoms with Crippen molar-refractivity contribution in [2.24, 2.45) is 11.3 Å². The van der Waals surface area contributed by atoms with Crippen LogP contribution in [-0.4, -0.2) is 29.2 Å². The summed E-state index contributed by atoms with van der Waals surface area (Å²) in [6.45, 7) is 4.47. The number of aliphatic hydroxyl groups excluding tert-OH is 2. The van der Waals surface area contributed by atoms with Gasteiger partial charge in [0.25, 0.3) is 0 Å². The Morgan fingerprint density at radius 1 is 1.39 bits per heavy atom. The van der Waals surface area contributed by atoms with E-state index in [4.69, 9.17) is 9.84 Å². The molecule has 0 heterocycles. The third-order valence-electron chi connectivity index (χ3n) is 5.29. The summed E-state index contributed by atoms with van der Waals surface area (Å²) >= 11 is 0. The lowest BCUT2D eigenvalue weighted by Gasteiger charge is -2.56. The molecule has 3 atom stereocenters. The Morgan fingerprint density at radius 2 is 2.17 bits per heavy atom. The maximum absolute atomic E-state index is 9.30. The third kappa shape index (κ3) is 2.13. The summed E-state index contributed by atoms with van der Waals surface area (Å²) in [4.78, 5) is 0. The smallest absolute Gasteiger partial charge is 0.144 e. The van der Waals surface area contributed by atoms with Gasteiger partial charge in [0.2, 0.25) is 0 Å². The van der Waals surface area contributed by atoms with Crippen molar-refractivity contribution in [2.75, 3.05) is 13.4 Å². The highest BCUT2D eigenvalue weighted by atomic mass is 16.6. The molecule has 0 aromatic rings. The molecule has 2 aliphatic rings. The number of hydrogen-bond donors (Lipinski definition) is 2. The van der Waals surface area contributed by atoms with Crippen molar-refractivity contribution in [3.8, 4) is 0 Å². The van der Waals surface area contributed by atoms with Crippen LogP contribution in [0.25, 0.3) is 0 Å². The molecule has 2 rings (SSSR count). The number of ether oxygens (including phenoxy) is 1. The first-order valence-corrected chi connectivity index (χ1v) is 7.11. The highest BCUT2D eigenvalue weighted by Crippen LogP contribution is 2.57. The first-order chi connectivity index (χ1) is 8.58. The van der Waals surface area contributed by atoms with Crippen molar-refractivity contribution >= 4 is 0 Å². The van der Waals surface area contributed by atoms with E-state index < -0.39 is 0 Å². The first-order valence-electron chi connectivity index (χ1n) is 7.11. The predicted octanol–water partition coefficient (Wildman–Crippen LogP) is 2.62. The van der Waals surface area contributed by atoms with Gasteiger partial charge in [0, 0.05) is 12.0 Å². The molecule has 2 N–H and O–H groups in total. The molecule has 1 saturated carbocycles. The van der Waals surface area contributed by atoms with Crippen molar-refractivity contribution in [1.29, 1.82) is 0 Å². The number of fused-ring (bicyclic) bond motifs is 1. The number of hydrogen-bond acceptors (Lipinski definition) is 3. The third-order valence-corrected chi connectivity index (χ3v) is 5.29. The molecule has 18 heavy (non-hydrogen) atoms. The summed E-state index contributed by atoms with van der Waals surface area (Å²) in [5.74, 6) is 0.510. The fourth-order valence-electron chi connectivity index (χ4n) is 4.10. The van der Waals surface area contributed by atoms with E-state index in [9.17, 15) is 5.11 Å². The van der Waals surface area contributed by atoms with Crippen molar-refractivity contribution in [3.05, 3.63) is 11.6 Å². The van der Waals surface area contributed by atoms with Gasteiger partial charge >= 0.3 is 0 Å². The lowest BCUT2D eigenvalue weighted by molar-refractivity contribution is -0.187. The second-order valence-electron chi connectivity index (χ2n) is 6.21. The van der Waals surface area contributed by atoms with Crippen molar-refractivity contribution in [3.63, 3.8) is 0 Å². The Kier molecular flexibility index (Phi) is 4.15. The van der Waals surface area contributed by atoms with E-state index in [0.717, 1.165) is 32.1 Å². The van der Waals surface area contributed by atoms with Crippen LogP contribution in [0.4, 0.5) is 0 Å². The minimum Gasteiger partial charge on any atom is -0.396 e. The van der Waals surface area contributed by atoms with Crippen molar-refractivity contribution < 1.29 is 14.9 Å². The molecule has 0 spiro atoms. The molecule has 104 valence electrons. The second kappa shape index (κ2) is 5.32. The molecule has 0 aromatic heterocycles. The van der Waals surface area contributed by atoms with Gasteiger partial charge in [-0.1, -0.05) is 13.0 Å². The Hall–Kier alpha value is -0.380. The number of rotatable bonds is 4. The van der Waals surface area contributed by atoms with E-state index in [2.05, 4.69) is 19.9 Å². The highest BCUT2D eigenvalue weighted by molar-refractivity contribution is 5.26. The van der Waals surface area contributed by atoms with Crippen LogP contribution in [0.15, 0.2) is 11.6 Å². The summed E-state index contributed by atoms with van der Waals surface area (Å²) in [6.07, 6.45) is 8.59. The molecule has 1 fully saturated rings. The molecular formula is C15H26O3. The van der Waals surface area contributed by atoms with Gasteiger partial charge in [-0.25, -0.2) is 0 Å². The van der Waals surface area contributed by atoms with Crippen LogP contribution in [0.3, 0.4) is 0 Å². The minimum absolute atomic E-state index is 0.139. The van der Waals surface area contributed by atoms with Crippen LogP contribution in [-0.2, 0) is 4.74 Å². The van der Waals surface area contributed by atoms with Crippen molar-refractivity contribution in [2.45, 2.75) is 58.0 Å². The van der Waals surface area contributed by atoms with Gasteiger partial charge < -0.3 is 14.9 Å². The molecule has 0 amide bonds. The molecule has 2 aliphatic carbocycles. The Balaban J connectivity index is 2.30. The van der Waals surface area contributed by atoms with Crippen molar-refractivity contribution in [1.82, 2.24) is 0 Å². The van der Waals surface area contributed by atoms with Crippen LogP contribution in [0, 0.1) is 11.3 Å². The molecule has 0 aromatic carbocycles. The topological polar surface area (TPSA) is 49.7 Å². The van der Waals surface area contributed by atoms with Gasteiger partial charge in [-0.3, -0.25) is 0 Å². The molecule has 3 nitrogen and oxygen atoms in total. The van der Waals surface area contributed by atoms with E-state index >= 15 is 0 Å². The number of aliphatic hydroxyl groups is 2. The average molecular weight is 254 g/mol. The van der Waals surface area contributed by atoms with Gasteiger partial charge in [-0.2, -0.15) is 0 Å². The molecule has 0 bridgehead atoms. The van der Waals surface area contributed by atoms with E-state index in [1.165, 1.54) is 12.0 Å². The zero-order valence-corrected chi connectivity index (χ0v) is 11.6. The maximum atomic E-state index is 9.30. The zero-order chi connectivity index (χ0) is 13.2. The van der Waals surface area contributed by atoms with Gasteiger partial charge in [0.1, 0.15) is 6.79 Å². The van der Waals surface area contributed by atoms with Gasteiger partial charge in [-0.05, 0) is 56.9 Å². The molecule has 3 heteroatoms. The summed E-state index contributed by atoms with van der Waals surface area (Å²) in [5, 5.41) is 18.5. The lowest BCUT2D eigenvalue weighted by atomic mass is 9.54. The molecule has 0 saturated heterocycles. The fourth-order valence-corrected chi connectivity index (χ4v) is 4.10. The summed E-state index contributed by atoms with van der Waals surface area (Å²) in [6, 6.07) is 0. The molecule has 0 unspecified atom stereocenters. The molecule has 0 radical (unpaired) electrons. The van der Waals surface area contributed by atoms with Gasteiger partial charge in [-0.15, -0.1) is 0 Å². The average Bonchev–Trinajstić information content (AvgIpc) is 2.33. The van der Waals surface area contributed by atoms with Crippen LogP contribution < -0.4 is 0 Å². The quantitative estimate of drug-likeness (QED) is 0.599. The predicted molar refractivity (Wildman–Crippen MR) is 71.0 cm³/mol. The Labute approximate surface area is 110 Å². The van der Waals surface area contributed by atoms with Crippen LogP contribution in [0.5, 0.6) is 0 Å². The zero-order valence-electron chi connectivity index (χ0n) is 11.6. The van der Waals surface area contributed by atoms with E-state index in [1.54, 1.807) is 0 Å². The highest BCUT2D eigenvalue weighted by Gasteiger charge is 2.54. The minimum atomic E-state index is -0.307. The molecule has 0 aliphatic heterocycles. The first kappa shape index (κ1) is 14.0. The number of allylic oxidation sites excluding steroid dienone is 1. The lowest BCUT2D eigenvalue weighted by Crippen LogP contribution is -2.55. The molecular weight excluding hydrogens is 228 g/mol. The second-order valence-corrected chi connectivity index (χ2v) is 6.21. The van der Waals surface area contributed by atoms with E-state index in [-0.39, 0.29) is 24.4 Å². The SMILES string of the molecule is CC1=CCC[C@@]2(C)CC[C@H](CCO)C[C@@]12OCO. The fraction of sp³-hybridized carbons (Fsp3) is 0.867. The van der Waals surface area contributed by atoms with E-state index in [0.29, 0.717) is 5.92 Å². The largest absolute Gasteiger partial charge is 0.396 e. The van der Waals surface area contributed by atoms with Crippen LogP contribution in [0.2, 0.25) is 0 Å². The summed E-state index contributed by atoms with van der Waals surface area (Å²) in [7, 11) is 0. The Bertz CT molecular complexity index is 326.